The van der Waals surface area contributed by atoms with Crippen molar-refractivity contribution < 1.29 is 0 Å². The number of hydrogen-bond donors (Lipinski definition) is 0. The molecule has 1 nitrogen and oxygen atoms in total. The van der Waals surface area contributed by atoms with Gasteiger partial charge in [-0.1, -0.05) is 44.1 Å². The van der Waals surface area contributed by atoms with Gasteiger partial charge in [0.15, 0.2) is 0 Å². The molecule has 0 saturated carbocycles. The zero-order valence-electron chi connectivity index (χ0n) is 13.3. The topological polar surface area (TPSA) is 3.24 Å². The van der Waals surface area contributed by atoms with Crippen molar-refractivity contribution in [3.8, 4) is 0 Å². The van der Waals surface area contributed by atoms with E-state index in [9.17, 15) is 0 Å². The van der Waals surface area contributed by atoms with Gasteiger partial charge in [-0.25, -0.2) is 0 Å². The van der Waals surface area contributed by atoms with Crippen molar-refractivity contribution in [2.75, 3.05) is 13.1 Å². The number of hydrogen-bond acceptors (Lipinski definition) is 1. The van der Waals surface area contributed by atoms with E-state index in [1.807, 2.05) is 0 Å². The third-order valence-electron chi connectivity index (χ3n) is 5.14. The zero-order chi connectivity index (χ0) is 13.9. The number of likely N-dealkylation sites (tertiary alicyclic amines) is 1. The maximum absolute atomic E-state index is 2.63. The first-order valence-corrected chi connectivity index (χ1v) is 8.10. The Morgan fingerprint density at radius 2 is 1.95 bits per heavy atom. The monoisotopic (exact) mass is 261 g/mol. The molecule has 2 unspecified atom stereocenters. The van der Waals surface area contributed by atoms with Crippen LogP contribution in [0.3, 0.4) is 0 Å². The van der Waals surface area contributed by atoms with E-state index in [4.69, 9.17) is 0 Å². The second-order valence-corrected chi connectivity index (χ2v) is 7.18. The molecule has 0 spiro atoms. The second-order valence-electron chi connectivity index (χ2n) is 7.18. The molecule has 0 radical (unpaired) electrons. The summed E-state index contributed by atoms with van der Waals surface area (Å²) in [5.74, 6) is 0.633. The first-order chi connectivity index (χ1) is 9.00. The Bertz CT molecular complexity index is 345. The van der Waals surface area contributed by atoms with E-state index in [-0.39, 0.29) is 0 Å². The van der Waals surface area contributed by atoms with Gasteiger partial charge in [-0.15, -0.1) is 0 Å². The standard InChI is InChI=1S/C18H31N/c1-15-9-8-12-18(3,4)17(15)11-10-16(2)19-13-6-5-7-14-19/h9-11,16-17H,5-8,12-14H2,1-4H3. The average molecular weight is 261 g/mol. The third-order valence-corrected chi connectivity index (χ3v) is 5.14. The zero-order valence-corrected chi connectivity index (χ0v) is 13.3. The summed E-state index contributed by atoms with van der Waals surface area (Å²) in [4.78, 5) is 2.63. The average Bonchev–Trinajstić information content (AvgIpc) is 2.38. The molecule has 19 heavy (non-hydrogen) atoms. The van der Waals surface area contributed by atoms with Crippen LogP contribution >= 0.6 is 0 Å². The molecule has 1 heterocycles. The van der Waals surface area contributed by atoms with Crippen molar-refractivity contribution in [3.63, 3.8) is 0 Å². The van der Waals surface area contributed by atoms with E-state index >= 15 is 0 Å². The lowest BCUT2D eigenvalue weighted by Crippen LogP contribution is -2.36. The van der Waals surface area contributed by atoms with E-state index in [0.29, 0.717) is 17.4 Å². The molecule has 1 aliphatic heterocycles. The fraction of sp³-hybridized carbons (Fsp3) is 0.778. The van der Waals surface area contributed by atoms with Crippen LogP contribution < -0.4 is 0 Å². The van der Waals surface area contributed by atoms with E-state index in [1.54, 1.807) is 5.57 Å². The lowest BCUT2D eigenvalue weighted by atomic mass is 9.68. The van der Waals surface area contributed by atoms with E-state index < -0.39 is 0 Å². The smallest absolute Gasteiger partial charge is 0.0250 e. The molecule has 0 aromatic carbocycles. The normalized spacial score (nSPS) is 30.3. The third kappa shape index (κ3) is 3.72. The van der Waals surface area contributed by atoms with Gasteiger partial charge in [-0.3, -0.25) is 4.90 Å². The van der Waals surface area contributed by atoms with Crippen molar-refractivity contribution in [2.45, 2.75) is 65.8 Å². The summed E-state index contributed by atoms with van der Waals surface area (Å²) in [7, 11) is 0. The van der Waals surface area contributed by atoms with Crippen LogP contribution in [0.1, 0.15) is 59.8 Å². The van der Waals surface area contributed by atoms with Crippen LogP contribution in [-0.2, 0) is 0 Å². The molecule has 1 heteroatoms. The Balaban J connectivity index is 1.99. The van der Waals surface area contributed by atoms with Crippen molar-refractivity contribution in [1.29, 1.82) is 0 Å². The van der Waals surface area contributed by atoms with Gasteiger partial charge in [-0.2, -0.15) is 0 Å². The lowest BCUT2D eigenvalue weighted by Gasteiger charge is -2.37. The Morgan fingerprint density at radius 3 is 2.58 bits per heavy atom. The molecule has 0 amide bonds. The molecule has 2 atom stereocenters. The fourth-order valence-corrected chi connectivity index (χ4v) is 3.70. The summed E-state index contributed by atoms with van der Waals surface area (Å²) in [6, 6.07) is 0.603. The Kier molecular flexibility index (Phi) is 4.89. The molecule has 2 aliphatic rings. The van der Waals surface area contributed by atoms with Gasteiger partial charge in [0.05, 0.1) is 0 Å². The maximum atomic E-state index is 2.63. The molecule has 1 aliphatic carbocycles. The number of nitrogens with zero attached hydrogens (tertiary/aromatic N) is 1. The highest BCUT2D eigenvalue weighted by atomic mass is 15.1. The van der Waals surface area contributed by atoms with Crippen LogP contribution in [0.15, 0.2) is 23.8 Å². The minimum atomic E-state index is 0.428. The van der Waals surface area contributed by atoms with Crippen molar-refractivity contribution >= 4 is 0 Å². The van der Waals surface area contributed by atoms with Crippen LogP contribution in [0.4, 0.5) is 0 Å². The highest BCUT2D eigenvalue weighted by Crippen LogP contribution is 2.41. The van der Waals surface area contributed by atoms with Gasteiger partial charge in [0.1, 0.15) is 0 Å². The molecule has 1 fully saturated rings. The molecule has 0 aromatic heterocycles. The van der Waals surface area contributed by atoms with Gasteiger partial charge in [-0.05, 0) is 58.0 Å². The van der Waals surface area contributed by atoms with Crippen LogP contribution in [-0.4, -0.2) is 24.0 Å². The summed E-state index contributed by atoms with van der Waals surface area (Å²) in [5, 5.41) is 0. The summed E-state index contributed by atoms with van der Waals surface area (Å²) in [6.45, 7) is 12.1. The summed E-state index contributed by atoms with van der Waals surface area (Å²) < 4.78 is 0. The summed E-state index contributed by atoms with van der Waals surface area (Å²) in [5.41, 5.74) is 2.00. The first kappa shape index (κ1) is 14.8. The second kappa shape index (κ2) is 6.26. The van der Waals surface area contributed by atoms with Gasteiger partial charge in [0.2, 0.25) is 0 Å². The number of piperidine rings is 1. The Labute approximate surface area is 119 Å². The van der Waals surface area contributed by atoms with Crippen molar-refractivity contribution in [2.24, 2.45) is 11.3 Å². The molecule has 108 valence electrons. The molecular weight excluding hydrogens is 230 g/mol. The molecule has 0 aromatic rings. The summed E-state index contributed by atoms with van der Waals surface area (Å²) >= 11 is 0. The SMILES string of the molecule is CC1=CCCC(C)(C)C1C=CC(C)N1CCCCC1. The van der Waals surface area contributed by atoms with Crippen LogP contribution in [0.25, 0.3) is 0 Å². The predicted molar refractivity (Wildman–Crippen MR) is 84.3 cm³/mol. The van der Waals surface area contributed by atoms with Gasteiger partial charge in [0, 0.05) is 12.0 Å². The number of rotatable bonds is 3. The lowest BCUT2D eigenvalue weighted by molar-refractivity contribution is 0.199. The van der Waals surface area contributed by atoms with Crippen LogP contribution in [0.5, 0.6) is 0 Å². The Hall–Kier alpha value is -0.560. The van der Waals surface area contributed by atoms with Crippen molar-refractivity contribution in [1.82, 2.24) is 4.90 Å². The molecule has 1 saturated heterocycles. The number of allylic oxidation sites excluding steroid dienone is 3. The first-order valence-electron chi connectivity index (χ1n) is 8.10. The van der Waals surface area contributed by atoms with Crippen molar-refractivity contribution in [3.05, 3.63) is 23.8 Å². The minimum Gasteiger partial charge on any atom is -0.297 e. The minimum absolute atomic E-state index is 0.428. The van der Waals surface area contributed by atoms with Gasteiger partial charge in [0.25, 0.3) is 0 Å². The largest absolute Gasteiger partial charge is 0.297 e. The highest BCUT2D eigenvalue weighted by molar-refractivity contribution is 5.19. The molecule has 0 bridgehead atoms. The van der Waals surface area contributed by atoms with E-state index in [2.05, 4.69) is 50.8 Å². The van der Waals surface area contributed by atoms with Gasteiger partial charge < -0.3 is 0 Å². The predicted octanol–water partition coefficient (Wildman–Crippen LogP) is 4.80. The van der Waals surface area contributed by atoms with Gasteiger partial charge >= 0.3 is 0 Å². The van der Waals surface area contributed by atoms with E-state index in [0.717, 1.165) is 0 Å². The Morgan fingerprint density at radius 1 is 1.26 bits per heavy atom. The quantitative estimate of drug-likeness (QED) is 0.660. The molecule has 2 rings (SSSR count). The van der Waals surface area contributed by atoms with Crippen LogP contribution in [0, 0.1) is 11.3 Å². The maximum Gasteiger partial charge on any atom is 0.0250 e. The van der Waals surface area contributed by atoms with Crippen LogP contribution in [0.2, 0.25) is 0 Å². The highest BCUT2D eigenvalue weighted by Gasteiger charge is 2.30. The molecular formula is C18H31N. The van der Waals surface area contributed by atoms with E-state index in [1.165, 1.54) is 45.2 Å². The summed E-state index contributed by atoms with van der Waals surface area (Å²) in [6.07, 6.45) is 14.1. The molecule has 0 N–H and O–H groups in total. The fourth-order valence-electron chi connectivity index (χ4n) is 3.70.